The van der Waals surface area contributed by atoms with Gasteiger partial charge in [-0.1, -0.05) is 154 Å². The van der Waals surface area contributed by atoms with Crippen molar-refractivity contribution in [1.82, 2.24) is 10.6 Å². The van der Waals surface area contributed by atoms with E-state index in [0.717, 1.165) is 25.9 Å². The highest BCUT2D eigenvalue weighted by Gasteiger charge is 2.06. The Kier molecular flexibility index (Phi) is 36.3. The van der Waals surface area contributed by atoms with Crippen LogP contribution in [0.1, 0.15) is 206 Å². The molecule has 4 nitrogen and oxygen atoms in total. The summed E-state index contributed by atoms with van der Waals surface area (Å²) in [7, 11) is 0. The Labute approximate surface area is 275 Å². The third-order valence-electron chi connectivity index (χ3n) is 8.60. The first-order valence-electron chi connectivity index (χ1n) is 19.5. The lowest BCUT2D eigenvalue weighted by Gasteiger charge is -2.07. The van der Waals surface area contributed by atoms with Gasteiger partial charge in [0.2, 0.25) is 11.8 Å². The summed E-state index contributed by atoms with van der Waals surface area (Å²) < 4.78 is 0. The molecule has 2 N–H and O–H groups in total. The second kappa shape index (κ2) is 37.6. The number of hydrogen-bond donors (Lipinski definition) is 2. The van der Waals surface area contributed by atoms with E-state index in [9.17, 15) is 9.59 Å². The first-order valence-corrected chi connectivity index (χ1v) is 19.5. The van der Waals surface area contributed by atoms with Crippen molar-refractivity contribution in [3.05, 3.63) is 24.3 Å². The quantitative estimate of drug-likeness (QED) is 0.0549. The van der Waals surface area contributed by atoms with Gasteiger partial charge in [0.05, 0.1) is 0 Å². The summed E-state index contributed by atoms with van der Waals surface area (Å²) in [6.07, 6.45) is 46.3. The fourth-order valence-corrected chi connectivity index (χ4v) is 5.60. The number of nitrogens with one attached hydrogen (secondary N) is 2. The molecule has 0 aliphatic heterocycles. The maximum atomic E-state index is 12.0. The number of rotatable bonds is 35. The Hall–Kier alpha value is -1.58. The SMILES string of the molecule is CCCCCCCC/C=C\CCCCCCCCNC(=O)CCC(=O)NCCCCCCCC/C=C\CCCCCCCC. The van der Waals surface area contributed by atoms with E-state index < -0.39 is 0 Å². The molecule has 2 amide bonds. The number of unbranched alkanes of at least 4 members (excludes halogenated alkanes) is 24. The number of hydrogen-bond acceptors (Lipinski definition) is 2. The van der Waals surface area contributed by atoms with Gasteiger partial charge >= 0.3 is 0 Å². The fraction of sp³-hybridized carbons (Fsp3) is 0.850. The van der Waals surface area contributed by atoms with Crippen molar-refractivity contribution in [2.75, 3.05) is 13.1 Å². The van der Waals surface area contributed by atoms with Gasteiger partial charge < -0.3 is 10.6 Å². The van der Waals surface area contributed by atoms with Crippen molar-refractivity contribution in [2.45, 2.75) is 206 Å². The minimum Gasteiger partial charge on any atom is -0.356 e. The van der Waals surface area contributed by atoms with Crippen LogP contribution < -0.4 is 10.6 Å². The molecule has 0 aromatic heterocycles. The van der Waals surface area contributed by atoms with E-state index in [2.05, 4.69) is 48.8 Å². The zero-order valence-corrected chi connectivity index (χ0v) is 29.8. The molecule has 0 saturated carbocycles. The number of carbonyl (C=O) groups is 2. The van der Waals surface area contributed by atoms with E-state index >= 15 is 0 Å². The summed E-state index contributed by atoms with van der Waals surface area (Å²) in [6.45, 7) is 6.01. The van der Waals surface area contributed by atoms with Crippen LogP contribution >= 0.6 is 0 Å². The van der Waals surface area contributed by atoms with Crippen LogP contribution in [0.2, 0.25) is 0 Å². The molecule has 0 spiro atoms. The van der Waals surface area contributed by atoms with Gasteiger partial charge in [-0.05, 0) is 64.2 Å². The van der Waals surface area contributed by atoms with Crippen molar-refractivity contribution in [3.63, 3.8) is 0 Å². The Bertz CT molecular complexity index is 602. The standard InChI is InChI=1S/C40H76N2O2/c1-3-5-7-9-11-13-15-17-19-21-23-25-27-29-31-33-37-41-39(43)35-36-40(44)42-38-34-32-30-28-26-24-22-20-18-16-14-12-10-8-6-4-2/h17-20H,3-16,21-38H2,1-2H3,(H,41,43)(H,42,44)/b19-17-,20-18-. The fourth-order valence-electron chi connectivity index (χ4n) is 5.60. The predicted molar refractivity (Wildman–Crippen MR) is 194 cm³/mol. The van der Waals surface area contributed by atoms with Crippen molar-refractivity contribution >= 4 is 11.8 Å². The first-order chi connectivity index (χ1) is 21.7. The van der Waals surface area contributed by atoms with Crippen LogP contribution in [0.25, 0.3) is 0 Å². The molecular weight excluding hydrogens is 540 g/mol. The van der Waals surface area contributed by atoms with E-state index in [1.807, 2.05) is 0 Å². The van der Waals surface area contributed by atoms with E-state index in [1.54, 1.807) is 0 Å². The molecule has 0 aromatic rings. The average molecular weight is 617 g/mol. The third kappa shape index (κ3) is 36.6. The highest BCUT2D eigenvalue weighted by atomic mass is 16.2. The zero-order chi connectivity index (χ0) is 32.0. The van der Waals surface area contributed by atoms with Crippen LogP contribution in [0.4, 0.5) is 0 Å². The molecule has 0 radical (unpaired) electrons. The Morgan fingerprint density at radius 1 is 0.364 bits per heavy atom. The number of allylic oxidation sites excluding steroid dienone is 4. The topological polar surface area (TPSA) is 58.2 Å². The van der Waals surface area contributed by atoms with Crippen LogP contribution in [0, 0.1) is 0 Å². The van der Waals surface area contributed by atoms with Crippen LogP contribution in [0.15, 0.2) is 24.3 Å². The van der Waals surface area contributed by atoms with Crippen molar-refractivity contribution in [1.29, 1.82) is 0 Å². The van der Waals surface area contributed by atoms with Crippen molar-refractivity contribution in [2.24, 2.45) is 0 Å². The van der Waals surface area contributed by atoms with Crippen LogP contribution in [0.3, 0.4) is 0 Å². The molecule has 0 saturated heterocycles. The minimum atomic E-state index is 0.00477. The van der Waals surface area contributed by atoms with Crippen LogP contribution in [-0.4, -0.2) is 24.9 Å². The highest BCUT2D eigenvalue weighted by molar-refractivity contribution is 5.83. The Balaban J connectivity index is 3.33. The van der Waals surface area contributed by atoms with E-state index in [4.69, 9.17) is 0 Å². The van der Waals surface area contributed by atoms with Gasteiger partial charge in [0.1, 0.15) is 0 Å². The van der Waals surface area contributed by atoms with Crippen LogP contribution in [0.5, 0.6) is 0 Å². The average Bonchev–Trinajstić information content (AvgIpc) is 3.03. The molecule has 0 atom stereocenters. The highest BCUT2D eigenvalue weighted by Crippen LogP contribution is 2.11. The molecule has 0 aliphatic rings. The molecule has 0 fully saturated rings. The van der Waals surface area contributed by atoms with Gasteiger partial charge in [-0.2, -0.15) is 0 Å². The predicted octanol–water partition coefficient (Wildman–Crippen LogP) is 12.1. The second-order valence-electron chi connectivity index (χ2n) is 13.1. The lowest BCUT2D eigenvalue weighted by molar-refractivity contribution is -0.126. The van der Waals surface area contributed by atoms with E-state index in [1.165, 1.54) is 167 Å². The van der Waals surface area contributed by atoms with E-state index in [-0.39, 0.29) is 11.8 Å². The Morgan fingerprint density at radius 2 is 0.614 bits per heavy atom. The molecular formula is C40H76N2O2. The zero-order valence-electron chi connectivity index (χ0n) is 29.8. The minimum absolute atomic E-state index is 0.00477. The molecule has 258 valence electrons. The summed E-state index contributed by atoms with van der Waals surface area (Å²) in [6, 6.07) is 0. The monoisotopic (exact) mass is 617 g/mol. The molecule has 44 heavy (non-hydrogen) atoms. The molecule has 0 bridgehead atoms. The molecule has 0 aromatic carbocycles. The van der Waals surface area contributed by atoms with Gasteiger partial charge in [-0.15, -0.1) is 0 Å². The molecule has 0 aliphatic carbocycles. The van der Waals surface area contributed by atoms with Gasteiger partial charge in [-0.25, -0.2) is 0 Å². The summed E-state index contributed by atoms with van der Waals surface area (Å²) >= 11 is 0. The molecule has 0 unspecified atom stereocenters. The van der Waals surface area contributed by atoms with Gasteiger partial charge in [0, 0.05) is 25.9 Å². The van der Waals surface area contributed by atoms with Crippen molar-refractivity contribution in [3.8, 4) is 0 Å². The summed E-state index contributed by atoms with van der Waals surface area (Å²) in [5, 5.41) is 5.96. The lowest BCUT2D eigenvalue weighted by atomic mass is 10.1. The number of amides is 2. The maximum absolute atomic E-state index is 12.0. The number of carbonyl (C=O) groups excluding carboxylic acids is 2. The van der Waals surface area contributed by atoms with Crippen molar-refractivity contribution < 1.29 is 9.59 Å². The third-order valence-corrected chi connectivity index (χ3v) is 8.60. The van der Waals surface area contributed by atoms with Gasteiger partial charge in [0.15, 0.2) is 0 Å². The summed E-state index contributed by atoms with van der Waals surface area (Å²) in [4.78, 5) is 24.1. The molecule has 0 rings (SSSR count). The van der Waals surface area contributed by atoms with Gasteiger partial charge in [-0.3, -0.25) is 9.59 Å². The maximum Gasteiger partial charge on any atom is 0.220 e. The lowest BCUT2D eigenvalue weighted by Crippen LogP contribution is -2.28. The molecule has 0 heterocycles. The smallest absolute Gasteiger partial charge is 0.220 e. The van der Waals surface area contributed by atoms with E-state index in [0.29, 0.717) is 12.8 Å². The Morgan fingerprint density at radius 3 is 0.909 bits per heavy atom. The normalized spacial score (nSPS) is 11.6. The first kappa shape index (κ1) is 42.4. The summed E-state index contributed by atoms with van der Waals surface area (Å²) in [5.41, 5.74) is 0. The second-order valence-corrected chi connectivity index (χ2v) is 13.1. The molecule has 4 heteroatoms. The van der Waals surface area contributed by atoms with Gasteiger partial charge in [0.25, 0.3) is 0 Å². The largest absolute Gasteiger partial charge is 0.356 e. The van der Waals surface area contributed by atoms with Crippen LogP contribution in [-0.2, 0) is 9.59 Å². The summed E-state index contributed by atoms with van der Waals surface area (Å²) in [5.74, 6) is 0.00954.